The monoisotopic (exact) mass is 283 g/mol. The van der Waals surface area contributed by atoms with Crippen LogP contribution in [0.2, 0.25) is 0 Å². The minimum absolute atomic E-state index is 0.168. The molecule has 2 heterocycles. The Hall–Kier alpha value is -1.41. The molecule has 2 aliphatic rings. The van der Waals surface area contributed by atoms with Gasteiger partial charge in [-0.15, -0.1) is 0 Å². The number of benzene rings is 1. The highest BCUT2D eigenvalue weighted by molar-refractivity contribution is 5.82. The topological polar surface area (TPSA) is 29.1 Å². The van der Waals surface area contributed by atoms with Crippen molar-refractivity contribution in [3.8, 4) is 0 Å². The Bertz CT molecular complexity index is 531. The molecule has 2 bridgehead atoms. The van der Waals surface area contributed by atoms with E-state index in [1.165, 1.54) is 17.5 Å². The zero-order valence-corrected chi connectivity index (χ0v) is 13.0. The van der Waals surface area contributed by atoms with Crippen molar-refractivity contribution in [1.29, 1.82) is 0 Å². The Kier molecular flexibility index (Phi) is 4.25. The van der Waals surface area contributed by atoms with Crippen LogP contribution in [0, 0.1) is 5.92 Å². The van der Waals surface area contributed by atoms with E-state index in [0.717, 1.165) is 12.8 Å². The lowest BCUT2D eigenvalue weighted by atomic mass is 9.74. The molecule has 0 saturated carbocycles. The van der Waals surface area contributed by atoms with Gasteiger partial charge < -0.3 is 5.32 Å². The Morgan fingerprint density at radius 2 is 2.05 bits per heavy atom. The second-order valence-electron chi connectivity index (χ2n) is 6.40. The fourth-order valence-corrected chi connectivity index (χ4v) is 4.13. The Morgan fingerprint density at radius 1 is 1.29 bits per heavy atom. The lowest BCUT2D eigenvalue weighted by molar-refractivity contribution is -0.124. The molecule has 2 nitrogen and oxygen atoms in total. The van der Waals surface area contributed by atoms with Gasteiger partial charge in [0.1, 0.15) is 5.78 Å². The summed E-state index contributed by atoms with van der Waals surface area (Å²) < 4.78 is 0. The molecule has 2 heteroatoms. The number of nitrogens with one attached hydrogen (secondary N) is 1. The highest BCUT2D eigenvalue weighted by Crippen LogP contribution is 2.42. The molecule has 4 atom stereocenters. The lowest BCUT2D eigenvalue weighted by Gasteiger charge is -2.37. The molecular weight excluding hydrogens is 258 g/mol. The molecule has 1 N–H and O–H groups in total. The summed E-state index contributed by atoms with van der Waals surface area (Å²) in [5.74, 6) is 0.993. The maximum Gasteiger partial charge on any atom is 0.137 e. The molecule has 21 heavy (non-hydrogen) atoms. The van der Waals surface area contributed by atoms with Gasteiger partial charge in [-0.05, 0) is 43.2 Å². The first-order valence-corrected chi connectivity index (χ1v) is 8.24. The number of ketones is 1. The fraction of sp³-hybridized carbons (Fsp3) is 0.526. The van der Waals surface area contributed by atoms with Gasteiger partial charge in [0.15, 0.2) is 0 Å². The van der Waals surface area contributed by atoms with Gasteiger partial charge in [-0.2, -0.15) is 0 Å². The number of fused-ring (bicyclic) bond motifs is 2. The summed E-state index contributed by atoms with van der Waals surface area (Å²) in [7, 11) is 0. The Morgan fingerprint density at radius 3 is 2.71 bits per heavy atom. The van der Waals surface area contributed by atoms with Crippen molar-refractivity contribution >= 4 is 11.9 Å². The van der Waals surface area contributed by atoms with E-state index in [0.29, 0.717) is 30.2 Å². The molecular formula is C19H25NO. The number of piperidine rings is 1. The van der Waals surface area contributed by atoms with Crippen molar-refractivity contribution in [2.24, 2.45) is 5.92 Å². The van der Waals surface area contributed by atoms with Crippen molar-refractivity contribution in [1.82, 2.24) is 5.32 Å². The van der Waals surface area contributed by atoms with E-state index in [2.05, 4.69) is 41.7 Å². The number of hydrogen-bond acceptors (Lipinski definition) is 2. The second-order valence-corrected chi connectivity index (χ2v) is 6.40. The number of hydrogen-bond donors (Lipinski definition) is 1. The smallest absolute Gasteiger partial charge is 0.137 e. The summed E-state index contributed by atoms with van der Waals surface area (Å²) in [4.78, 5) is 12.5. The van der Waals surface area contributed by atoms with Gasteiger partial charge in [-0.25, -0.2) is 0 Å². The van der Waals surface area contributed by atoms with Crippen molar-refractivity contribution in [3.63, 3.8) is 0 Å². The maximum absolute atomic E-state index is 12.5. The highest BCUT2D eigenvalue weighted by Gasteiger charge is 2.44. The number of carbonyl (C=O) groups is 1. The van der Waals surface area contributed by atoms with Crippen LogP contribution in [0.1, 0.15) is 56.6 Å². The van der Waals surface area contributed by atoms with E-state index in [4.69, 9.17) is 0 Å². The van der Waals surface area contributed by atoms with E-state index in [9.17, 15) is 4.79 Å². The van der Waals surface area contributed by atoms with Crippen molar-refractivity contribution in [3.05, 3.63) is 41.5 Å². The van der Waals surface area contributed by atoms with Gasteiger partial charge in [-0.3, -0.25) is 4.79 Å². The predicted octanol–water partition coefficient (Wildman–Crippen LogP) is 3.92. The van der Waals surface area contributed by atoms with Gasteiger partial charge in [0.05, 0.1) is 0 Å². The van der Waals surface area contributed by atoms with Gasteiger partial charge >= 0.3 is 0 Å². The SMILES string of the molecule is C/C=C\c1ccc([C@H]2CC3CCC(N3)[C@H]2C(=O)CC)cc1. The van der Waals surface area contributed by atoms with Crippen LogP contribution in [-0.2, 0) is 4.79 Å². The minimum Gasteiger partial charge on any atom is -0.310 e. The Labute approximate surface area is 127 Å². The van der Waals surface area contributed by atoms with Gasteiger partial charge in [0, 0.05) is 24.4 Å². The van der Waals surface area contributed by atoms with E-state index < -0.39 is 0 Å². The number of allylic oxidation sites excluding steroid dienone is 1. The zero-order chi connectivity index (χ0) is 14.8. The molecule has 2 aliphatic heterocycles. The molecule has 0 spiro atoms. The van der Waals surface area contributed by atoms with Gasteiger partial charge in [-0.1, -0.05) is 43.3 Å². The van der Waals surface area contributed by atoms with Crippen LogP contribution in [0.3, 0.4) is 0 Å². The second kappa shape index (κ2) is 6.15. The molecule has 1 aromatic rings. The third kappa shape index (κ3) is 2.82. The highest BCUT2D eigenvalue weighted by atomic mass is 16.1. The van der Waals surface area contributed by atoms with E-state index in [1.54, 1.807) is 0 Å². The minimum atomic E-state index is 0.168. The third-order valence-electron chi connectivity index (χ3n) is 5.13. The number of Topliss-reactive ketones (excluding diaryl/α,β-unsaturated/α-hetero) is 1. The molecule has 1 aromatic carbocycles. The third-order valence-corrected chi connectivity index (χ3v) is 5.13. The molecule has 2 saturated heterocycles. The summed E-state index contributed by atoms with van der Waals surface area (Å²) in [5, 5.41) is 3.66. The standard InChI is InChI=1S/C19H25NO/c1-3-5-13-6-8-14(9-7-13)16-12-15-10-11-17(20-15)19(16)18(21)4-2/h3,5-9,15-17,19-20H,4,10-12H2,1-2H3/b5-3-/t15?,16-,17?,19+/m1/s1. The molecule has 0 aliphatic carbocycles. The van der Waals surface area contributed by atoms with Crippen LogP contribution >= 0.6 is 0 Å². The van der Waals surface area contributed by atoms with Crippen LogP contribution in [0.15, 0.2) is 30.3 Å². The first kappa shape index (κ1) is 14.5. The maximum atomic E-state index is 12.5. The van der Waals surface area contributed by atoms with Crippen LogP contribution in [0.5, 0.6) is 0 Å². The molecule has 2 fully saturated rings. The van der Waals surface area contributed by atoms with Crippen LogP contribution in [0.4, 0.5) is 0 Å². The zero-order valence-electron chi connectivity index (χ0n) is 13.0. The largest absolute Gasteiger partial charge is 0.310 e. The first-order chi connectivity index (χ1) is 10.2. The van der Waals surface area contributed by atoms with E-state index in [1.807, 2.05) is 13.8 Å². The summed E-state index contributed by atoms with van der Waals surface area (Å²) >= 11 is 0. The fourth-order valence-electron chi connectivity index (χ4n) is 4.13. The van der Waals surface area contributed by atoms with E-state index >= 15 is 0 Å². The van der Waals surface area contributed by atoms with Crippen LogP contribution < -0.4 is 5.32 Å². The van der Waals surface area contributed by atoms with E-state index in [-0.39, 0.29) is 5.92 Å². The number of carbonyl (C=O) groups excluding carboxylic acids is 1. The van der Waals surface area contributed by atoms with Gasteiger partial charge in [0.2, 0.25) is 0 Å². The van der Waals surface area contributed by atoms with Crippen LogP contribution in [-0.4, -0.2) is 17.9 Å². The molecule has 2 unspecified atom stereocenters. The summed E-state index contributed by atoms with van der Waals surface area (Å²) in [6.07, 6.45) is 8.32. The number of rotatable bonds is 4. The van der Waals surface area contributed by atoms with Crippen molar-refractivity contribution in [2.45, 2.75) is 57.5 Å². The lowest BCUT2D eigenvalue weighted by Crippen LogP contribution is -2.47. The summed E-state index contributed by atoms with van der Waals surface area (Å²) in [6.45, 7) is 4.03. The average Bonchev–Trinajstić information content (AvgIpc) is 2.89. The molecule has 0 amide bonds. The first-order valence-electron chi connectivity index (χ1n) is 8.24. The quantitative estimate of drug-likeness (QED) is 0.907. The normalized spacial score (nSPS) is 31.7. The van der Waals surface area contributed by atoms with Crippen LogP contribution in [0.25, 0.3) is 6.08 Å². The van der Waals surface area contributed by atoms with Crippen molar-refractivity contribution in [2.75, 3.05) is 0 Å². The predicted molar refractivity (Wildman–Crippen MR) is 87.2 cm³/mol. The molecule has 0 aromatic heterocycles. The Balaban J connectivity index is 1.88. The molecule has 0 radical (unpaired) electrons. The molecule has 3 rings (SSSR count). The molecule has 112 valence electrons. The van der Waals surface area contributed by atoms with Crippen molar-refractivity contribution < 1.29 is 4.79 Å². The summed E-state index contributed by atoms with van der Waals surface area (Å²) in [5.41, 5.74) is 2.57. The van der Waals surface area contributed by atoms with Gasteiger partial charge in [0.25, 0.3) is 0 Å². The summed E-state index contributed by atoms with van der Waals surface area (Å²) in [6, 6.07) is 9.80. The average molecular weight is 283 g/mol.